The molecule has 1 aromatic carbocycles. The summed E-state index contributed by atoms with van der Waals surface area (Å²) in [5, 5.41) is 4.52. The first-order valence-electron chi connectivity index (χ1n) is 8.62. The van der Waals surface area contributed by atoms with Gasteiger partial charge in [0.1, 0.15) is 0 Å². The lowest BCUT2D eigenvalue weighted by Gasteiger charge is -2.25. The van der Waals surface area contributed by atoms with Crippen LogP contribution in [0.15, 0.2) is 24.3 Å². The monoisotopic (exact) mass is 398 g/mol. The van der Waals surface area contributed by atoms with Crippen molar-refractivity contribution in [3.8, 4) is 0 Å². The maximum Gasteiger partial charge on any atom is 0.223 e. The predicted molar refractivity (Wildman–Crippen MR) is 110 cm³/mol. The van der Waals surface area contributed by atoms with Gasteiger partial charge in [0.15, 0.2) is 0 Å². The van der Waals surface area contributed by atoms with E-state index in [0.29, 0.717) is 12.8 Å². The zero-order chi connectivity index (χ0) is 17.3. The first kappa shape index (κ1) is 22.3. The maximum atomic E-state index is 12.8. The molecule has 0 saturated carbocycles. The molecule has 1 saturated heterocycles. The van der Waals surface area contributed by atoms with Gasteiger partial charge in [-0.3, -0.25) is 9.48 Å². The lowest BCUT2D eigenvalue weighted by Crippen LogP contribution is -2.31. The van der Waals surface area contributed by atoms with Crippen molar-refractivity contribution in [2.45, 2.75) is 45.6 Å². The second kappa shape index (κ2) is 9.28. The highest BCUT2D eigenvalue weighted by molar-refractivity contribution is 5.85. The number of carbonyl (C=O) groups is 1. The molecule has 144 valence electrons. The van der Waals surface area contributed by atoms with Gasteiger partial charge in [-0.25, -0.2) is 0 Å². The highest BCUT2D eigenvalue weighted by Crippen LogP contribution is 2.35. The molecule has 3 rings (SSSR count). The number of para-hydroxylation sites is 1. The van der Waals surface area contributed by atoms with Crippen LogP contribution in [0.1, 0.15) is 47.8 Å². The van der Waals surface area contributed by atoms with Crippen LogP contribution in [0.5, 0.6) is 0 Å². The number of hydrogen-bond donors (Lipinski definition) is 1. The van der Waals surface area contributed by atoms with Crippen LogP contribution < -0.4 is 5.73 Å². The maximum absolute atomic E-state index is 12.8. The average molecular weight is 399 g/mol. The van der Waals surface area contributed by atoms with E-state index in [2.05, 4.69) is 12.0 Å². The lowest BCUT2D eigenvalue weighted by molar-refractivity contribution is -0.132. The van der Waals surface area contributed by atoms with Crippen LogP contribution in [0.3, 0.4) is 0 Å². The van der Waals surface area contributed by atoms with Gasteiger partial charge in [0.05, 0.1) is 11.7 Å². The fourth-order valence-electron chi connectivity index (χ4n) is 3.78. The summed E-state index contributed by atoms with van der Waals surface area (Å²) >= 11 is 0. The first-order valence-corrected chi connectivity index (χ1v) is 8.62. The summed E-state index contributed by atoms with van der Waals surface area (Å²) in [6.45, 7) is 4.95. The number of benzene rings is 1. The Kier molecular flexibility index (Phi) is 7.97. The molecule has 0 aliphatic carbocycles. The minimum Gasteiger partial charge on any atom is -0.399 e. The summed E-state index contributed by atoms with van der Waals surface area (Å²) in [5.74, 6) is 0.211. The Morgan fingerprint density at radius 1 is 1.27 bits per heavy atom. The van der Waals surface area contributed by atoms with E-state index in [9.17, 15) is 4.79 Å². The molecule has 7 heteroatoms. The molecule has 1 aromatic heterocycles. The zero-order valence-corrected chi connectivity index (χ0v) is 17.2. The molecule has 1 atom stereocenters. The Bertz CT molecular complexity index is 760. The quantitative estimate of drug-likeness (QED) is 0.797. The number of anilines is 1. The molecule has 0 spiro atoms. The fourth-order valence-corrected chi connectivity index (χ4v) is 3.78. The van der Waals surface area contributed by atoms with Gasteiger partial charge in [-0.05, 0) is 44.7 Å². The summed E-state index contributed by atoms with van der Waals surface area (Å²) in [4.78, 5) is 14.8. The SMILES string of the molecule is Cc1nn(C)c(C)c1C1CCCN1C(=O)CCc1ccccc1N.Cl.Cl. The third kappa shape index (κ3) is 4.33. The zero-order valence-electron chi connectivity index (χ0n) is 15.6. The third-order valence-electron chi connectivity index (χ3n) is 5.13. The van der Waals surface area contributed by atoms with E-state index < -0.39 is 0 Å². The number of halogens is 2. The number of amides is 1. The fraction of sp³-hybridized carbons (Fsp3) is 0.474. The number of likely N-dealkylation sites (tertiary alicyclic amines) is 1. The second-order valence-electron chi connectivity index (χ2n) is 6.65. The Hall–Kier alpha value is -1.72. The van der Waals surface area contributed by atoms with Gasteiger partial charge < -0.3 is 10.6 Å². The highest BCUT2D eigenvalue weighted by Gasteiger charge is 2.33. The number of nitrogen functional groups attached to an aromatic ring is 1. The largest absolute Gasteiger partial charge is 0.399 e. The van der Waals surface area contributed by atoms with Crippen molar-refractivity contribution >= 4 is 36.4 Å². The van der Waals surface area contributed by atoms with Gasteiger partial charge in [0, 0.05) is 37.0 Å². The summed E-state index contributed by atoms with van der Waals surface area (Å²) in [6.07, 6.45) is 3.27. The van der Waals surface area contributed by atoms with Crippen molar-refractivity contribution in [2.75, 3.05) is 12.3 Å². The molecule has 0 radical (unpaired) electrons. The van der Waals surface area contributed by atoms with E-state index in [1.807, 2.05) is 47.8 Å². The number of nitrogens with zero attached hydrogens (tertiary/aromatic N) is 3. The first-order chi connectivity index (χ1) is 11.5. The van der Waals surface area contributed by atoms with E-state index in [-0.39, 0.29) is 36.8 Å². The van der Waals surface area contributed by atoms with Crippen molar-refractivity contribution < 1.29 is 4.79 Å². The Labute approximate surface area is 167 Å². The van der Waals surface area contributed by atoms with E-state index >= 15 is 0 Å². The van der Waals surface area contributed by atoms with Crippen LogP contribution in [0.4, 0.5) is 5.69 Å². The number of hydrogen-bond acceptors (Lipinski definition) is 3. The third-order valence-corrected chi connectivity index (χ3v) is 5.13. The Balaban J connectivity index is 0.00000169. The summed E-state index contributed by atoms with van der Waals surface area (Å²) in [5.41, 5.74) is 11.2. The lowest BCUT2D eigenvalue weighted by atomic mass is 10.0. The molecule has 2 aromatic rings. The van der Waals surface area contributed by atoms with Gasteiger partial charge >= 0.3 is 0 Å². The molecule has 5 nitrogen and oxygen atoms in total. The van der Waals surface area contributed by atoms with Gasteiger partial charge in [-0.15, -0.1) is 24.8 Å². The molecule has 1 aliphatic rings. The van der Waals surface area contributed by atoms with Crippen molar-refractivity contribution in [3.05, 3.63) is 46.8 Å². The molecular weight excluding hydrogens is 371 g/mol. The number of nitrogens with two attached hydrogens (primary N) is 1. The van der Waals surface area contributed by atoms with Gasteiger partial charge in [-0.2, -0.15) is 5.10 Å². The van der Waals surface area contributed by atoms with Crippen LogP contribution in [0, 0.1) is 13.8 Å². The molecule has 1 fully saturated rings. The summed E-state index contributed by atoms with van der Waals surface area (Å²) in [6, 6.07) is 7.95. The van der Waals surface area contributed by atoms with Crippen molar-refractivity contribution in [1.82, 2.24) is 14.7 Å². The second-order valence-corrected chi connectivity index (χ2v) is 6.65. The molecule has 2 N–H and O–H groups in total. The number of aryl methyl sites for hydroxylation is 3. The topological polar surface area (TPSA) is 64.2 Å². The van der Waals surface area contributed by atoms with Gasteiger partial charge in [0.25, 0.3) is 0 Å². The van der Waals surface area contributed by atoms with E-state index in [1.54, 1.807) is 0 Å². The van der Waals surface area contributed by atoms with Gasteiger partial charge in [0.2, 0.25) is 5.91 Å². The molecular formula is C19H28Cl2N4O. The van der Waals surface area contributed by atoms with Crippen LogP contribution in [-0.4, -0.2) is 27.1 Å². The van der Waals surface area contributed by atoms with Crippen LogP contribution in [0.2, 0.25) is 0 Å². The standard InChI is InChI=1S/C19H26N4O.2ClH/c1-13-19(14(2)22(3)21-13)17-9-6-12-23(17)18(24)11-10-15-7-4-5-8-16(15)20;;/h4-5,7-8,17H,6,9-12,20H2,1-3H3;2*1H. The van der Waals surface area contributed by atoms with E-state index in [0.717, 1.165) is 42.0 Å². The van der Waals surface area contributed by atoms with Crippen molar-refractivity contribution in [3.63, 3.8) is 0 Å². The summed E-state index contributed by atoms with van der Waals surface area (Å²) in [7, 11) is 1.96. The smallest absolute Gasteiger partial charge is 0.223 e. The minimum atomic E-state index is 0. The average Bonchev–Trinajstić information content (AvgIpc) is 3.11. The molecule has 1 amide bonds. The predicted octanol–water partition coefficient (Wildman–Crippen LogP) is 3.76. The minimum absolute atomic E-state index is 0. The molecule has 1 unspecified atom stereocenters. The van der Waals surface area contributed by atoms with Crippen LogP contribution >= 0.6 is 24.8 Å². The van der Waals surface area contributed by atoms with Crippen molar-refractivity contribution in [1.29, 1.82) is 0 Å². The Morgan fingerprint density at radius 2 is 1.96 bits per heavy atom. The number of aromatic nitrogens is 2. The highest BCUT2D eigenvalue weighted by atomic mass is 35.5. The van der Waals surface area contributed by atoms with Crippen molar-refractivity contribution in [2.24, 2.45) is 7.05 Å². The molecule has 0 bridgehead atoms. The Morgan fingerprint density at radius 3 is 2.58 bits per heavy atom. The molecule has 26 heavy (non-hydrogen) atoms. The van der Waals surface area contributed by atoms with Crippen LogP contribution in [-0.2, 0) is 18.3 Å². The van der Waals surface area contributed by atoms with E-state index in [1.165, 1.54) is 5.56 Å². The molecule has 1 aliphatic heterocycles. The normalized spacial score (nSPS) is 16.1. The number of rotatable bonds is 4. The van der Waals surface area contributed by atoms with Gasteiger partial charge in [-0.1, -0.05) is 18.2 Å². The van der Waals surface area contributed by atoms with Crippen LogP contribution in [0.25, 0.3) is 0 Å². The molecule has 2 heterocycles. The van der Waals surface area contributed by atoms with E-state index in [4.69, 9.17) is 5.73 Å². The number of carbonyl (C=O) groups excluding carboxylic acids is 1. The summed E-state index contributed by atoms with van der Waals surface area (Å²) < 4.78 is 1.91.